The van der Waals surface area contributed by atoms with Gasteiger partial charge in [0.1, 0.15) is 0 Å². The van der Waals surface area contributed by atoms with Gasteiger partial charge in [0.25, 0.3) is 0 Å². The molecule has 0 heterocycles. The predicted molar refractivity (Wildman–Crippen MR) is 21.0 cm³/mol. The van der Waals surface area contributed by atoms with Crippen molar-refractivity contribution in [1.82, 2.24) is 0 Å². The summed E-state index contributed by atoms with van der Waals surface area (Å²) < 4.78 is 0. The molecule has 6 heavy (non-hydrogen) atoms. The summed E-state index contributed by atoms with van der Waals surface area (Å²) in [6.07, 6.45) is 0. The van der Waals surface area contributed by atoms with Crippen molar-refractivity contribution in [3.8, 4) is 0 Å². The third kappa shape index (κ3) is 118. The summed E-state index contributed by atoms with van der Waals surface area (Å²) in [5.74, 6) is 0. The average molecular weight is 174 g/mol. The van der Waals surface area contributed by atoms with Crippen molar-refractivity contribution in [3.05, 3.63) is 20.1 Å². The molecule has 0 atom stereocenters. The van der Waals surface area contributed by atoms with Gasteiger partial charge >= 0.3 is 0 Å². The molecule has 0 amide bonds. The fraction of sp³-hybridized carbons (Fsp3) is 0.250. The molecule has 0 bridgehead atoms. The van der Waals surface area contributed by atoms with Gasteiger partial charge in [0.2, 0.25) is 0 Å². The molecule has 0 aromatic heterocycles. The van der Waals surface area contributed by atoms with Crippen molar-refractivity contribution >= 4 is 0 Å². The Hall–Kier alpha value is 0.753. The smallest absolute Gasteiger partial charge is 0 e. The van der Waals surface area contributed by atoms with Crippen molar-refractivity contribution in [1.29, 1.82) is 0 Å². The predicted octanol–water partition coefficient (Wildman–Crippen LogP) is 1.44. The zero-order chi connectivity index (χ0) is 4.00. The Morgan fingerprint density at radius 1 is 1.17 bits per heavy atom. The minimum absolute atomic E-state index is 0. The van der Waals surface area contributed by atoms with Crippen LogP contribution in [0.3, 0.4) is 0 Å². The first-order valence-electron chi connectivity index (χ1n) is 1.12. The molecule has 44 valence electrons. The average Bonchev–Trinajstić information content (AvgIpc) is 1.50. The van der Waals surface area contributed by atoms with Crippen molar-refractivity contribution < 1.29 is 33.6 Å². The summed E-state index contributed by atoms with van der Waals surface area (Å²) in [6, 6.07) is 0. The Labute approximate surface area is 60.8 Å². The van der Waals surface area contributed by atoms with Crippen LogP contribution in [0.2, 0.25) is 0 Å². The quantitative estimate of drug-likeness (QED) is 0.487. The van der Waals surface area contributed by atoms with Gasteiger partial charge < -0.3 is 13.5 Å². The molecule has 2 heteroatoms. The minimum atomic E-state index is 0. The Morgan fingerprint density at radius 3 is 1.17 bits per heavy atom. The molecule has 0 N–H and O–H groups in total. The van der Waals surface area contributed by atoms with E-state index in [-0.39, 0.29) is 33.6 Å². The van der Waals surface area contributed by atoms with Gasteiger partial charge in [0.05, 0.1) is 0 Å². The van der Waals surface area contributed by atoms with Gasteiger partial charge in [-0.3, -0.25) is 6.58 Å². The summed E-state index contributed by atoms with van der Waals surface area (Å²) in [4.78, 5) is 0. The van der Waals surface area contributed by atoms with E-state index in [9.17, 15) is 0 Å². The zero-order valence-electron chi connectivity index (χ0n) is 3.66. The van der Waals surface area contributed by atoms with Crippen molar-refractivity contribution in [2.75, 3.05) is 0 Å². The first kappa shape index (κ1) is 29.5. The van der Waals surface area contributed by atoms with Crippen LogP contribution in [-0.4, -0.2) is 0 Å². The van der Waals surface area contributed by atoms with Gasteiger partial charge in [0, 0.05) is 33.6 Å². The minimum Gasteiger partial charge on any atom is -0.521 e. The van der Waals surface area contributed by atoms with Crippen LogP contribution < -0.4 is 0 Å². The molecule has 0 nitrogen and oxygen atoms in total. The van der Waals surface area contributed by atoms with Crippen LogP contribution in [0.1, 0.15) is 6.92 Å². The molecule has 0 aliphatic rings. The van der Waals surface area contributed by atoms with E-state index in [2.05, 4.69) is 20.1 Å². The molecule has 0 unspecified atom stereocenters. The maximum absolute atomic E-state index is 4.25. The maximum atomic E-state index is 4.25. The van der Waals surface area contributed by atoms with Gasteiger partial charge in [0.15, 0.2) is 0 Å². The summed E-state index contributed by atoms with van der Waals surface area (Å²) in [7, 11) is 0. The molecule has 0 spiro atoms. The van der Waals surface area contributed by atoms with E-state index >= 15 is 0 Å². The summed E-state index contributed by atoms with van der Waals surface area (Å²) >= 11 is 0. The van der Waals surface area contributed by atoms with E-state index in [4.69, 9.17) is 0 Å². The molecule has 0 aromatic carbocycles. The van der Waals surface area contributed by atoms with Crippen molar-refractivity contribution in [2.45, 2.75) is 6.92 Å². The van der Waals surface area contributed by atoms with E-state index in [1.807, 2.05) is 0 Å². The third-order valence-corrected chi connectivity index (χ3v) is 0. The topological polar surface area (TPSA) is 0 Å². The number of hydrogen-bond donors (Lipinski definition) is 0. The molecule has 0 aliphatic carbocycles. The van der Waals surface area contributed by atoms with Crippen molar-refractivity contribution in [3.63, 3.8) is 0 Å². The van der Waals surface area contributed by atoms with Crippen LogP contribution >= 0.6 is 0 Å². The Kier molecular flexibility index (Phi) is 1130. The zero-order valence-corrected chi connectivity index (χ0v) is 5.74. The number of rotatable bonds is 0. The fourth-order valence-electron chi connectivity index (χ4n) is 0. The molecular formula is C4H8Co2-2. The normalized spacial score (nSPS) is 1.67. The summed E-state index contributed by atoms with van der Waals surface area (Å²) in [5, 5.41) is 0. The van der Waals surface area contributed by atoms with E-state index in [1.54, 1.807) is 6.92 Å². The van der Waals surface area contributed by atoms with Crippen LogP contribution in [0.15, 0.2) is 6.58 Å². The van der Waals surface area contributed by atoms with Gasteiger partial charge in [-0.15, -0.1) is 0 Å². The summed E-state index contributed by atoms with van der Waals surface area (Å²) in [5.41, 5.74) is 0. The maximum Gasteiger partial charge on any atom is 0 e. The molecule has 2 radical (unpaired) electrons. The van der Waals surface area contributed by atoms with Crippen LogP contribution in [-0.2, 0) is 33.6 Å². The Bertz CT molecular complexity index is 5.51. The van der Waals surface area contributed by atoms with E-state index < -0.39 is 0 Å². The monoisotopic (exact) mass is 174 g/mol. The largest absolute Gasteiger partial charge is 0.521 e. The van der Waals surface area contributed by atoms with Gasteiger partial charge in [-0.2, -0.15) is 6.92 Å². The first-order valence-corrected chi connectivity index (χ1v) is 1.12. The van der Waals surface area contributed by atoms with E-state index in [0.29, 0.717) is 0 Å². The van der Waals surface area contributed by atoms with Crippen LogP contribution in [0.4, 0.5) is 0 Å². The second-order valence-corrected chi connectivity index (χ2v) is 0. The summed E-state index contributed by atoms with van der Waals surface area (Å²) in [6.45, 7) is 12.0. The fourth-order valence-corrected chi connectivity index (χ4v) is 0. The molecule has 0 saturated heterocycles. The third-order valence-electron chi connectivity index (χ3n) is 0. The van der Waals surface area contributed by atoms with Gasteiger partial charge in [-0.05, 0) is 0 Å². The van der Waals surface area contributed by atoms with Crippen molar-refractivity contribution in [2.24, 2.45) is 0 Å². The van der Waals surface area contributed by atoms with Gasteiger partial charge in [-0.25, -0.2) is 0 Å². The second kappa shape index (κ2) is 229. The molecule has 0 aliphatic heterocycles. The standard InChI is InChI=1S/C2H5.C2H3.2Co/c2*1-2;;/h1H2,2H3;1H,2H2;;/q2*-1;;. The first-order chi connectivity index (χ1) is 2.00. The number of hydrogen-bond acceptors (Lipinski definition) is 0. The molecule has 0 fully saturated rings. The molecule has 0 rings (SSSR count). The van der Waals surface area contributed by atoms with E-state index in [1.165, 1.54) is 0 Å². The molecular weight excluding hydrogens is 166 g/mol. The van der Waals surface area contributed by atoms with Crippen LogP contribution in [0, 0.1) is 13.5 Å². The second-order valence-electron chi connectivity index (χ2n) is 0. The van der Waals surface area contributed by atoms with Gasteiger partial charge in [-0.1, -0.05) is 0 Å². The SMILES string of the molecule is [CH-]=C.[CH2-]C.[Co].[Co]. The Balaban J connectivity index is -0.00000000500. The molecule has 0 aromatic rings. The Morgan fingerprint density at radius 2 is 1.17 bits per heavy atom. The van der Waals surface area contributed by atoms with Crippen LogP contribution in [0.5, 0.6) is 0 Å². The van der Waals surface area contributed by atoms with E-state index in [0.717, 1.165) is 0 Å². The van der Waals surface area contributed by atoms with Crippen LogP contribution in [0.25, 0.3) is 0 Å². The molecule has 0 saturated carbocycles.